The third-order valence-electron chi connectivity index (χ3n) is 3.23. The summed E-state index contributed by atoms with van der Waals surface area (Å²) in [7, 11) is 0. The molecule has 2 rings (SSSR count). The van der Waals surface area contributed by atoms with Crippen molar-refractivity contribution in [1.29, 1.82) is 0 Å². The summed E-state index contributed by atoms with van der Waals surface area (Å²) >= 11 is 0. The van der Waals surface area contributed by atoms with Gasteiger partial charge in [0, 0.05) is 12.1 Å². The molecule has 2 aromatic carbocycles. The van der Waals surface area contributed by atoms with Crippen molar-refractivity contribution in [2.45, 2.75) is 0 Å². The molecule has 0 bridgehead atoms. The Balaban J connectivity index is 3.06. The van der Waals surface area contributed by atoms with Crippen LogP contribution in [0.2, 0.25) is 0 Å². The number of nitro groups is 4. The first-order chi connectivity index (χ1) is 12.1. The van der Waals surface area contributed by atoms with Gasteiger partial charge in [0.15, 0.2) is 0 Å². The largest absolute Gasteiger partial charge is 0.320 e. The number of benzene rings is 2. The Morgan fingerprint density at radius 2 is 1.15 bits per heavy atom. The topological polar surface area (TPSA) is 173 Å². The van der Waals surface area contributed by atoms with Gasteiger partial charge in [-0.3, -0.25) is 40.5 Å². The molecule has 0 aliphatic heterocycles. The Labute approximate surface area is 139 Å². The molecule has 0 fully saturated rings. The van der Waals surface area contributed by atoms with Crippen molar-refractivity contribution in [2.75, 3.05) is 0 Å². The second-order valence-corrected chi connectivity index (χ2v) is 4.61. The van der Waals surface area contributed by atoms with Gasteiger partial charge in [0.05, 0.1) is 25.3 Å². The first kappa shape index (κ1) is 18.2. The Morgan fingerprint density at radius 3 is 1.62 bits per heavy atom. The highest BCUT2D eigenvalue weighted by Gasteiger charge is 2.38. The Morgan fingerprint density at radius 1 is 0.654 bits per heavy atom. The van der Waals surface area contributed by atoms with Gasteiger partial charge in [-0.05, 0) is 12.1 Å². The summed E-state index contributed by atoms with van der Waals surface area (Å²) in [6.07, 6.45) is 0. The molecule has 0 saturated carbocycles. The van der Waals surface area contributed by atoms with E-state index in [-0.39, 0.29) is 0 Å². The molecule has 134 valence electrons. The van der Waals surface area contributed by atoms with E-state index in [1.165, 1.54) is 0 Å². The average Bonchev–Trinajstić information content (AvgIpc) is 2.52. The van der Waals surface area contributed by atoms with Crippen molar-refractivity contribution in [2.24, 2.45) is 0 Å². The van der Waals surface area contributed by atoms with Crippen molar-refractivity contribution in [3.63, 3.8) is 0 Å². The molecule has 14 heteroatoms. The fraction of sp³-hybridized carbons (Fsp3) is 0. The molecule has 0 N–H and O–H groups in total. The van der Waals surface area contributed by atoms with Crippen LogP contribution in [0.4, 0.5) is 31.5 Å². The standard InChI is InChI=1S/C12H4F2N4O8/c13-6-2-4-7(15(19)20)9(12(6)18(25)26)5-1-3-8(16(21)22)10(14)11(5)17(23)24/h1-4H. The molecule has 26 heavy (non-hydrogen) atoms. The van der Waals surface area contributed by atoms with Crippen LogP contribution in [0.1, 0.15) is 0 Å². The molecule has 0 unspecified atom stereocenters. The molecule has 0 radical (unpaired) electrons. The van der Waals surface area contributed by atoms with Crippen LogP contribution in [0.3, 0.4) is 0 Å². The van der Waals surface area contributed by atoms with Crippen LogP contribution in [0.25, 0.3) is 11.1 Å². The van der Waals surface area contributed by atoms with Crippen LogP contribution in [0.15, 0.2) is 24.3 Å². The minimum atomic E-state index is -1.98. The Kier molecular flexibility index (Phi) is 4.51. The van der Waals surface area contributed by atoms with Crippen LogP contribution < -0.4 is 0 Å². The zero-order chi connectivity index (χ0) is 19.8. The smallest absolute Gasteiger partial charge is 0.258 e. The van der Waals surface area contributed by atoms with Crippen molar-refractivity contribution in [3.8, 4) is 11.1 Å². The van der Waals surface area contributed by atoms with Gasteiger partial charge in [-0.25, -0.2) is 0 Å². The number of rotatable bonds is 5. The summed E-state index contributed by atoms with van der Waals surface area (Å²) in [6, 6.07) is 1.83. The van der Waals surface area contributed by atoms with Gasteiger partial charge in [0.1, 0.15) is 5.56 Å². The maximum Gasteiger partial charge on any atom is 0.320 e. The first-order valence-corrected chi connectivity index (χ1v) is 6.30. The minimum absolute atomic E-state index is 0.396. The molecular formula is C12H4F2N4O8. The summed E-state index contributed by atoms with van der Waals surface area (Å²) in [4.78, 5) is 38.8. The van der Waals surface area contributed by atoms with E-state index < -0.39 is 65.2 Å². The van der Waals surface area contributed by atoms with Crippen molar-refractivity contribution >= 4 is 22.7 Å². The number of nitrogens with zero attached hydrogens (tertiary/aromatic N) is 4. The minimum Gasteiger partial charge on any atom is -0.258 e. The molecule has 0 aromatic heterocycles. The number of nitro benzene ring substituents is 4. The number of hydrogen-bond acceptors (Lipinski definition) is 8. The SMILES string of the molecule is O=[N+]([O-])c1ccc(-c2c([N+](=O)[O-])ccc(F)c2[N+](=O)[O-])c([N+](=O)[O-])c1F. The van der Waals surface area contributed by atoms with Gasteiger partial charge in [-0.1, -0.05) is 0 Å². The molecule has 0 saturated heterocycles. The lowest BCUT2D eigenvalue weighted by molar-refractivity contribution is -0.400. The van der Waals surface area contributed by atoms with Crippen molar-refractivity contribution in [1.82, 2.24) is 0 Å². The Hall–Kier alpha value is -4.10. The van der Waals surface area contributed by atoms with Gasteiger partial charge in [-0.2, -0.15) is 8.78 Å². The van der Waals surface area contributed by atoms with E-state index in [0.717, 1.165) is 0 Å². The van der Waals surface area contributed by atoms with E-state index >= 15 is 0 Å². The quantitative estimate of drug-likeness (QED) is 0.569. The van der Waals surface area contributed by atoms with Crippen LogP contribution in [0, 0.1) is 52.1 Å². The van der Waals surface area contributed by atoms with Crippen LogP contribution in [-0.4, -0.2) is 19.7 Å². The zero-order valence-electron chi connectivity index (χ0n) is 12.1. The van der Waals surface area contributed by atoms with E-state index in [4.69, 9.17) is 0 Å². The fourth-order valence-corrected chi connectivity index (χ4v) is 2.23. The molecule has 0 aliphatic carbocycles. The molecule has 0 atom stereocenters. The molecule has 0 heterocycles. The highest BCUT2D eigenvalue weighted by atomic mass is 19.1. The summed E-state index contributed by atoms with van der Waals surface area (Å²) in [5, 5.41) is 44.1. The molecule has 12 nitrogen and oxygen atoms in total. The lowest BCUT2D eigenvalue weighted by Gasteiger charge is -2.07. The molecule has 0 spiro atoms. The fourth-order valence-electron chi connectivity index (χ4n) is 2.23. The summed E-state index contributed by atoms with van der Waals surface area (Å²) in [5.74, 6) is -3.55. The van der Waals surface area contributed by atoms with E-state index in [1.54, 1.807) is 0 Å². The van der Waals surface area contributed by atoms with Gasteiger partial charge in [0.25, 0.3) is 11.5 Å². The third kappa shape index (κ3) is 2.85. The van der Waals surface area contributed by atoms with E-state index in [2.05, 4.69) is 0 Å². The third-order valence-corrected chi connectivity index (χ3v) is 3.23. The molecule has 0 amide bonds. The molecule has 2 aromatic rings. The van der Waals surface area contributed by atoms with Crippen LogP contribution >= 0.6 is 0 Å². The van der Waals surface area contributed by atoms with E-state index in [1.807, 2.05) is 0 Å². The van der Waals surface area contributed by atoms with Crippen LogP contribution in [0.5, 0.6) is 0 Å². The van der Waals surface area contributed by atoms with Crippen molar-refractivity contribution < 1.29 is 28.5 Å². The lowest BCUT2D eigenvalue weighted by Crippen LogP contribution is -2.05. The van der Waals surface area contributed by atoms with Gasteiger partial charge < -0.3 is 0 Å². The maximum atomic E-state index is 14.2. The lowest BCUT2D eigenvalue weighted by atomic mass is 9.98. The zero-order valence-corrected chi connectivity index (χ0v) is 12.1. The first-order valence-electron chi connectivity index (χ1n) is 6.30. The molecule has 0 aliphatic rings. The average molecular weight is 370 g/mol. The van der Waals surface area contributed by atoms with Crippen molar-refractivity contribution in [3.05, 3.63) is 76.4 Å². The highest BCUT2D eigenvalue weighted by molar-refractivity contribution is 5.88. The maximum absolute atomic E-state index is 14.2. The van der Waals surface area contributed by atoms with Gasteiger partial charge >= 0.3 is 17.1 Å². The summed E-state index contributed by atoms with van der Waals surface area (Å²) in [6.45, 7) is 0. The number of hydrogen-bond donors (Lipinski definition) is 0. The van der Waals surface area contributed by atoms with Gasteiger partial charge in [-0.15, -0.1) is 0 Å². The van der Waals surface area contributed by atoms with Gasteiger partial charge in [0.2, 0.25) is 5.82 Å². The second-order valence-electron chi connectivity index (χ2n) is 4.61. The number of halogens is 2. The summed E-state index contributed by atoms with van der Waals surface area (Å²) < 4.78 is 28.0. The predicted octanol–water partition coefficient (Wildman–Crippen LogP) is 3.26. The van der Waals surface area contributed by atoms with Crippen LogP contribution in [-0.2, 0) is 0 Å². The summed E-state index contributed by atoms with van der Waals surface area (Å²) in [5.41, 5.74) is -7.81. The second kappa shape index (κ2) is 6.42. The molecular weight excluding hydrogens is 366 g/mol. The Bertz CT molecular complexity index is 994. The monoisotopic (exact) mass is 370 g/mol. The highest BCUT2D eigenvalue weighted by Crippen LogP contribution is 2.45. The predicted molar refractivity (Wildman–Crippen MR) is 78.4 cm³/mol. The normalized spacial score (nSPS) is 10.4. The van der Waals surface area contributed by atoms with E-state index in [9.17, 15) is 49.2 Å². The van der Waals surface area contributed by atoms with E-state index in [0.29, 0.717) is 24.3 Å².